The predicted octanol–water partition coefficient (Wildman–Crippen LogP) is 1.88. The molecule has 0 spiro atoms. The molecule has 0 bridgehead atoms. The Bertz CT molecular complexity index is 963. The van der Waals surface area contributed by atoms with Crippen molar-refractivity contribution in [3.05, 3.63) is 40.3 Å². The molecule has 4 rings (SSSR count). The fraction of sp³-hybridized carbons (Fsp3) is 0. The van der Waals surface area contributed by atoms with Gasteiger partial charge >= 0.3 is 0 Å². The second-order valence-corrected chi connectivity index (χ2v) is 4.81. The van der Waals surface area contributed by atoms with Crippen LogP contribution in [0.4, 0.5) is 5.82 Å². The van der Waals surface area contributed by atoms with Gasteiger partial charge in [0.25, 0.3) is 0 Å². The number of nitrogen functional groups attached to an aromatic ring is 1. The number of carbonyl (C=O) groups excluding carboxylic acids is 1. The number of benzene rings is 1. The van der Waals surface area contributed by atoms with Gasteiger partial charge in [0.2, 0.25) is 10.6 Å². The number of carbonyl (C=O) groups is 1. The van der Waals surface area contributed by atoms with Crippen molar-refractivity contribution in [1.29, 1.82) is 0 Å². The molecule has 0 aliphatic heterocycles. The van der Waals surface area contributed by atoms with Crippen LogP contribution in [-0.4, -0.2) is 25.7 Å². The van der Waals surface area contributed by atoms with E-state index in [0.717, 1.165) is 5.56 Å². The zero-order valence-electron chi connectivity index (χ0n) is 10.0. The third-order valence-electron chi connectivity index (χ3n) is 3.22. The molecule has 0 saturated carbocycles. The van der Waals surface area contributed by atoms with Crippen molar-refractivity contribution in [3.8, 4) is 11.3 Å². The van der Waals surface area contributed by atoms with E-state index in [2.05, 4.69) is 19.9 Å². The van der Waals surface area contributed by atoms with Gasteiger partial charge in [-0.25, -0.2) is 9.97 Å². The second-order valence-electron chi connectivity index (χ2n) is 4.42. The zero-order chi connectivity index (χ0) is 13.9. The lowest BCUT2D eigenvalue weighted by Gasteiger charge is -2.03. The summed E-state index contributed by atoms with van der Waals surface area (Å²) in [5.74, 6) is 0.117. The number of ketones is 1. The molecule has 3 aromatic rings. The van der Waals surface area contributed by atoms with E-state index in [1.54, 1.807) is 6.07 Å². The normalized spacial score (nSPS) is 12.5. The molecule has 1 aliphatic carbocycles. The number of hydrogen-bond acceptors (Lipinski definition) is 6. The quantitative estimate of drug-likeness (QED) is 0.477. The van der Waals surface area contributed by atoms with Gasteiger partial charge in [0.1, 0.15) is 22.7 Å². The minimum absolute atomic E-state index is 0.146. The standard InChI is InChI=1S/C13H7N5OS/c14-11-9-12(18-13(20)17-11)16-7-5-3-1-2-4-6(5)10(19)8(7)15-9/h1-4H,(H3,14,16,17,18,20). The van der Waals surface area contributed by atoms with Crippen molar-refractivity contribution in [1.82, 2.24) is 19.9 Å². The summed E-state index contributed by atoms with van der Waals surface area (Å²) in [6.45, 7) is 0. The van der Waals surface area contributed by atoms with Gasteiger partial charge in [0, 0.05) is 11.1 Å². The summed E-state index contributed by atoms with van der Waals surface area (Å²) in [7, 11) is 0. The Labute approximate surface area is 117 Å². The average Bonchev–Trinajstić information content (AvgIpc) is 2.71. The molecule has 1 aliphatic rings. The van der Waals surface area contributed by atoms with Crippen LogP contribution in [0.25, 0.3) is 22.4 Å². The second kappa shape index (κ2) is 3.67. The Kier molecular flexibility index (Phi) is 2.05. The number of rotatable bonds is 0. The van der Waals surface area contributed by atoms with E-state index in [0.29, 0.717) is 28.1 Å². The van der Waals surface area contributed by atoms with Crippen LogP contribution in [0.3, 0.4) is 0 Å². The molecule has 0 fully saturated rings. The Morgan fingerprint density at radius 3 is 2.60 bits per heavy atom. The number of nitrogens with one attached hydrogen (secondary N) is 1. The van der Waals surface area contributed by atoms with Crippen LogP contribution in [0, 0.1) is 4.77 Å². The van der Waals surface area contributed by atoms with E-state index < -0.39 is 0 Å². The highest BCUT2D eigenvalue weighted by atomic mass is 32.1. The molecule has 3 N–H and O–H groups in total. The lowest BCUT2D eigenvalue weighted by molar-refractivity contribution is 0.103. The molecule has 2 heterocycles. The summed E-state index contributed by atoms with van der Waals surface area (Å²) < 4.78 is 0.238. The van der Waals surface area contributed by atoms with Crippen LogP contribution < -0.4 is 5.73 Å². The van der Waals surface area contributed by atoms with E-state index >= 15 is 0 Å². The molecule has 0 atom stereocenters. The number of nitrogens with zero attached hydrogens (tertiary/aromatic N) is 3. The van der Waals surface area contributed by atoms with Gasteiger partial charge in [-0.05, 0) is 12.2 Å². The topological polar surface area (TPSA) is 97.6 Å². The first kappa shape index (κ1) is 11.2. The Morgan fingerprint density at radius 1 is 1.05 bits per heavy atom. The van der Waals surface area contributed by atoms with Crippen molar-refractivity contribution >= 4 is 35.0 Å². The summed E-state index contributed by atoms with van der Waals surface area (Å²) >= 11 is 4.97. The fourth-order valence-corrected chi connectivity index (χ4v) is 2.54. The molecule has 2 aromatic heterocycles. The number of nitrogens with two attached hydrogens (primary N) is 1. The first-order chi connectivity index (χ1) is 9.65. The molecular weight excluding hydrogens is 274 g/mol. The van der Waals surface area contributed by atoms with Crippen LogP contribution in [0.2, 0.25) is 0 Å². The minimum atomic E-state index is -0.146. The van der Waals surface area contributed by atoms with Crippen LogP contribution in [0.1, 0.15) is 16.1 Å². The van der Waals surface area contributed by atoms with Crippen molar-refractivity contribution in [2.45, 2.75) is 0 Å². The maximum atomic E-state index is 12.3. The largest absolute Gasteiger partial charge is 0.383 e. The fourth-order valence-electron chi connectivity index (χ4n) is 2.34. The van der Waals surface area contributed by atoms with Crippen molar-refractivity contribution in [3.63, 3.8) is 0 Å². The van der Waals surface area contributed by atoms with Gasteiger partial charge in [-0.1, -0.05) is 24.3 Å². The van der Waals surface area contributed by atoms with E-state index in [9.17, 15) is 4.79 Å². The summed E-state index contributed by atoms with van der Waals surface area (Å²) in [4.78, 5) is 27.9. The smallest absolute Gasteiger partial charge is 0.214 e. The monoisotopic (exact) mass is 281 g/mol. The highest BCUT2D eigenvalue weighted by molar-refractivity contribution is 7.71. The molecule has 0 amide bonds. The lowest BCUT2D eigenvalue weighted by Crippen LogP contribution is -2.04. The van der Waals surface area contributed by atoms with E-state index in [-0.39, 0.29) is 16.4 Å². The third kappa shape index (κ3) is 1.35. The lowest BCUT2D eigenvalue weighted by atomic mass is 10.1. The SMILES string of the molecule is Nc1[nH]c(=S)nc2nc3c(nc12)C(=O)c1ccccc1-3. The van der Waals surface area contributed by atoms with Gasteiger partial charge < -0.3 is 10.7 Å². The number of aromatic amines is 1. The third-order valence-corrected chi connectivity index (χ3v) is 3.42. The number of fused-ring (bicyclic) bond motifs is 4. The van der Waals surface area contributed by atoms with Crippen molar-refractivity contribution in [2.75, 3.05) is 5.73 Å². The van der Waals surface area contributed by atoms with Crippen LogP contribution in [0.15, 0.2) is 24.3 Å². The first-order valence-corrected chi connectivity index (χ1v) is 6.27. The highest BCUT2D eigenvalue weighted by Crippen LogP contribution is 2.34. The van der Waals surface area contributed by atoms with Gasteiger partial charge in [-0.3, -0.25) is 4.79 Å². The van der Waals surface area contributed by atoms with Gasteiger partial charge in [-0.2, -0.15) is 4.98 Å². The predicted molar refractivity (Wildman–Crippen MR) is 75.8 cm³/mol. The molecule has 0 unspecified atom stereocenters. The maximum absolute atomic E-state index is 12.3. The van der Waals surface area contributed by atoms with E-state index in [1.165, 1.54) is 0 Å². The average molecular weight is 281 g/mol. The van der Waals surface area contributed by atoms with Gasteiger partial charge in [-0.15, -0.1) is 0 Å². The summed E-state index contributed by atoms with van der Waals surface area (Å²) in [5, 5.41) is 0. The summed E-state index contributed by atoms with van der Waals surface area (Å²) in [5.41, 5.74) is 8.72. The Hall–Kier alpha value is -2.67. The summed E-state index contributed by atoms with van der Waals surface area (Å²) in [6, 6.07) is 7.26. The number of hydrogen-bond donors (Lipinski definition) is 2. The van der Waals surface area contributed by atoms with E-state index in [4.69, 9.17) is 18.0 Å². The molecule has 96 valence electrons. The number of H-pyrrole nitrogens is 1. The first-order valence-electron chi connectivity index (χ1n) is 5.87. The van der Waals surface area contributed by atoms with Crippen LogP contribution in [-0.2, 0) is 0 Å². The zero-order valence-corrected chi connectivity index (χ0v) is 10.9. The van der Waals surface area contributed by atoms with Crippen molar-refractivity contribution < 1.29 is 4.79 Å². The molecular formula is C13H7N5OS. The number of aromatic nitrogens is 4. The van der Waals surface area contributed by atoms with Gasteiger partial charge in [0.15, 0.2) is 5.65 Å². The molecule has 0 saturated heterocycles. The molecule has 20 heavy (non-hydrogen) atoms. The van der Waals surface area contributed by atoms with Gasteiger partial charge in [0.05, 0.1) is 0 Å². The minimum Gasteiger partial charge on any atom is -0.383 e. The van der Waals surface area contributed by atoms with E-state index in [1.807, 2.05) is 18.2 Å². The molecule has 7 heteroatoms. The van der Waals surface area contributed by atoms with Crippen LogP contribution in [0.5, 0.6) is 0 Å². The molecule has 6 nitrogen and oxygen atoms in total. The summed E-state index contributed by atoms with van der Waals surface area (Å²) in [6.07, 6.45) is 0. The van der Waals surface area contributed by atoms with Crippen LogP contribution >= 0.6 is 12.2 Å². The highest BCUT2D eigenvalue weighted by Gasteiger charge is 2.30. The molecule has 0 radical (unpaired) electrons. The maximum Gasteiger partial charge on any atom is 0.214 e. The Balaban J connectivity index is 2.16. The molecule has 1 aromatic carbocycles. The number of anilines is 1. The Morgan fingerprint density at radius 2 is 1.80 bits per heavy atom. The van der Waals surface area contributed by atoms with Crippen molar-refractivity contribution in [2.24, 2.45) is 0 Å².